The number of aromatic nitrogens is 2. The summed E-state index contributed by atoms with van der Waals surface area (Å²) in [4.78, 5) is 11.5. The van der Waals surface area contributed by atoms with Crippen LogP contribution in [0.3, 0.4) is 0 Å². The van der Waals surface area contributed by atoms with Crippen molar-refractivity contribution in [3.05, 3.63) is 16.4 Å². The molecular weight excluding hydrogens is 305 g/mol. The number of hydrogen-bond donors (Lipinski definition) is 0. The van der Waals surface area contributed by atoms with Gasteiger partial charge in [0.15, 0.2) is 5.69 Å². The van der Waals surface area contributed by atoms with Crippen LogP contribution in [-0.2, 0) is 10.9 Å². The van der Waals surface area contributed by atoms with Crippen molar-refractivity contribution in [2.24, 2.45) is 0 Å². The maximum absolute atomic E-state index is 12.6. The van der Waals surface area contributed by atoms with Crippen molar-refractivity contribution in [3.63, 3.8) is 0 Å². The Morgan fingerprint density at radius 3 is 2.35 bits per heavy atom. The Kier molecular flexibility index (Phi) is 3.56. The predicted octanol–water partition coefficient (Wildman–Crippen LogP) is 3.45. The first-order chi connectivity index (χ1) is 7.52. The lowest BCUT2D eigenvalue weighted by atomic mass is 10.2. The van der Waals surface area contributed by atoms with Gasteiger partial charge in [0.2, 0.25) is 0 Å². The molecular formula is C9H10BrF3N2O2. The second-order valence-electron chi connectivity index (χ2n) is 4.23. The standard InChI is InChI=1S/C9H10BrF3N2O2/c1-8(2,3)17-7(16)15-6(9(11,12)13)5(10)4-14-15/h4H,1-3H3. The lowest BCUT2D eigenvalue weighted by molar-refractivity contribution is -0.144. The van der Waals surface area contributed by atoms with Crippen molar-refractivity contribution in [1.82, 2.24) is 9.78 Å². The maximum atomic E-state index is 12.6. The summed E-state index contributed by atoms with van der Waals surface area (Å²) in [6, 6.07) is 0. The number of rotatable bonds is 0. The lowest BCUT2D eigenvalue weighted by Crippen LogP contribution is -2.30. The minimum Gasteiger partial charge on any atom is -0.442 e. The highest BCUT2D eigenvalue weighted by Crippen LogP contribution is 2.34. The van der Waals surface area contributed by atoms with Crippen LogP contribution >= 0.6 is 15.9 Å². The maximum Gasteiger partial charge on any atom is 0.435 e. The Morgan fingerprint density at radius 1 is 1.41 bits per heavy atom. The molecule has 0 aliphatic rings. The van der Waals surface area contributed by atoms with Gasteiger partial charge in [-0.2, -0.15) is 23.0 Å². The van der Waals surface area contributed by atoms with E-state index in [2.05, 4.69) is 21.0 Å². The van der Waals surface area contributed by atoms with Crippen molar-refractivity contribution < 1.29 is 22.7 Å². The van der Waals surface area contributed by atoms with Crippen LogP contribution in [-0.4, -0.2) is 21.5 Å². The highest BCUT2D eigenvalue weighted by molar-refractivity contribution is 9.10. The van der Waals surface area contributed by atoms with Gasteiger partial charge in [-0.05, 0) is 36.7 Å². The van der Waals surface area contributed by atoms with Crippen LogP contribution in [0.25, 0.3) is 0 Å². The number of carbonyl (C=O) groups is 1. The summed E-state index contributed by atoms with van der Waals surface area (Å²) < 4.78 is 42.6. The molecule has 0 N–H and O–H groups in total. The first kappa shape index (κ1) is 14.0. The number of hydrogen-bond acceptors (Lipinski definition) is 3. The molecule has 0 aliphatic carbocycles. The van der Waals surface area contributed by atoms with Crippen molar-refractivity contribution in [3.8, 4) is 0 Å². The van der Waals surface area contributed by atoms with Crippen LogP contribution in [0.5, 0.6) is 0 Å². The van der Waals surface area contributed by atoms with Crippen LogP contribution in [0.1, 0.15) is 26.5 Å². The summed E-state index contributed by atoms with van der Waals surface area (Å²) in [6.07, 6.45) is -4.96. The van der Waals surface area contributed by atoms with E-state index in [0.717, 1.165) is 6.20 Å². The molecule has 1 aromatic heterocycles. The second-order valence-corrected chi connectivity index (χ2v) is 5.09. The zero-order valence-electron chi connectivity index (χ0n) is 9.30. The Morgan fingerprint density at radius 2 is 1.94 bits per heavy atom. The molecule has 0 atom stereocenters. The summed E-state index contributed by atoms with van der Waals surface area (Å²) in [6.45, 7) is 4.66. The van der Waals surface area contributed by atoms with E-state index < -0.39 is 23.6 Å². The summed E-state index contributed by atoms with van der Waals surface area (Å²) in [5, 5.41) is 3.34. The van der Waals surface area contributed by atoms with Crippen LogP contribution < -0.4 is 0 Å². The normalized spacial score (nSPS) is 12.6. The van der Waals surface area contributed by atoms with Crippen molar-refractivity contribution in [2.75, 3.05) is 0 Å². The third-order valence-electron chi connectivity index (χ3n) is 1.56. The van der Waals surface area contributed by atoms with Gasteiger partial charge in [0.25, 0.3) is 0 Å². The van der Waals surface area contributed by atoms with Gasteiger partial charge in [-0.3, -0.25) is 0 Å². The number of halogens is 4. The summed E-state index contributed by atoms with van der Waals surface area (Å²) in [7, 11) is 0. The zero-order valence-corrected chi connectivity index (χ0v) is 10.9. The Hall–Kier alpha value is -1.05. The van der Waals surface area contributed by atoms with Gasteiger partial charge >= 0.3 is 12.3 Å². The third-order valence-corrected chi connectivity index (χ3v) is 2.14. The summed E-state index contributed by atoms with van der Waals surface area (Å²) in [5.41, 5.74) is -2.08. The molecule has 0 aliphatic heterocycles. The van der Waals surface area contributed by atoms with E-state index >= 15 is 0 Å². The fourth-order valence-corrected chi connectivity index (χ4v) is 1.51. The minimum absolute atomic E-state index is 0.190. The quantitative estimate of drug-likeness (QED) is 0.736. The zero-order chi connectivity index (χ0) is 13.4. The number of carbonyl (C=O) groups excluding carboxylic acids is 1. The molecule has 4 nitrogen and oxygen atoms in total. The average molecular weight is 315 g/mol. The fourth-order valence-electron chi connectivity index (χ4n) is 1.03. The van der Waals surface area contributed by atoms with E-state index in [4.69, 9.17) is 4.74 Å². The van der Waals surface area contributed by atoms with Crippen LogP contribution in [0, 0.1) is 0 Å². The molecule has 0 spiro atoms. The smallest absolute Gasteiger partial charge is 0.435 e. The van der Waals surface area contributed by atoms with Gasteiger partial charge in [-0.25, -0.2) is 4.79 Å². The molecule has 0 radical (unpaired) electrons. The summed E-state index contributed by atoms with van der Waals surface area (Å²) >= 11 is 2.69. The van der Waals surface area contributed by atoms with E-state index in [1.807, 2.05) is 0 Å². The molecule has 96 valence electrons. The molecule has 0 bridgehead atoms. The molecule has 1 aromatic rings. The third kappa shape index (κ3) is 3.45. The first-order valence-electron chi connectivity index (χ1n) is 4.56. The first-order valence-corrected chi connectivity index (χ1v) is 5.36. The number of nitrogens with zero attached hydrogens (tertiary/aromatic N) is 2. The SMILES string of the molecule is CC(C)(C)OC(=O)n1ncc(Br)c1C(F)(F)F. The molecule has 0 amide bonds. The van der Waals surface area contributed by atoms with Gasteiger partial charge in [0.05, 0.1) is 10.7 Å². The Balaban J connectivity index is 3.12. The van der Waals surface area contributed by atoms with Crippen LogP contribution in [0.15, 0.2) is 10.7 Å². The van der Waals surface area contributed by atoms with E-state index in [-0.39, 0.29) is 9.15 Å². The number of ether oxygens (including phenoxy) is 1. The molecule has 1 rings (SSSR count). The largest absolute Gasteiger partial charge is 0.442 e. The topological polar surface area (TPSA) is 44.1 Å². The molecule has 0 unspecified atom stereocenters. The van der Waals surface area contributed by atoms with Gasteiger partial charge in [0, 0.05) is 0 Å². The van der Waals surface area contributed by atoms with E-state index in [0.29, 0.717) is 0 Å². The molecule has 8 heteroatoms. The number of alkyl halides is 3. The van der Waals surface area contributed by atoms with Crippen molar-refractivity contribution in [2.45, 2.75) is 32.5 Å². The highest BCUT2D eigenvalue weighted by atomic mass is 79.9. The monoisotopic (exact) mass is 314 g/mol. The predicted molar refractivity (Wildman–Crippen MR) is 56.6 cm³/mol. The van der Waals surface area contributed by atoms with Crippen molar-refractivity contribution >= 4 is 22.0 Å². The van der Waals surface area contributed by atoms with Crippen LogP contribution in [0.4, 0.5) is 18.0 Å². The van der Waals surface area contributed by atoms with Gasteiger partial charge in [-0.1, -0.05) is 0 Å². The van der Waals surface area contributed by atoms with Gasteiger partial charge < -0.3 is 4.74 Å². The average Bonchev–Trinajstić information content (AvgIpc) is 2.42. The summed E-state index contributed by atoms with van der Waals surface area (Å²) in [5.74, 6) is 0. The minimum atomic E-state index is -4.69. The molecule has 0 fully saturated rings. The van der Waals surface area contributed by atoms with Crippen molar-refractivity contribution in [1.29, 1.82) is 0 Å². The Labute approximate surface area is 104 Å². The lowest BCUT2D eigenvalue weighted by Gasteiger charge is -2.20. The van der Waals surface area contributed by atoms with Crippen LogP contribution in [0.2, 0.25) is 0 Å². The second kappa shape index (κ2) is 4.32. The molecule has 1 heterocycles. The van der Waals surface area contributed by atoms with E-state index in [1.165, 1.54) is 0 Å². The van der Waals surface area contributed by atoms with E-state index in [9.17, 15) is 18.0 Å². The Bertz CT molecular complexity index is 434. The molecule has 17 heavy (non-hydrogen) atoms. The highest BCUT2D eigenvalue weighted by Gasteiger charge is 2.40. The van der Waals surface area contributed by atoms with E-state index in [1.54, 1.807) is 20.8 Å². The fraction of sp³-hybridized carbons (Fsp3) is 0.556. The van der Waals surface area contributed by atoms with Gasteiger partial charge in [-0.15, -0.1) is 0 Å². The van der Waals surface area contributed by atoms with Gasteiger partial charge in [0.1, 0.15) is 5.60 Å². The molecule has 0 saturated carbocycles. The molecule has 0 aromatic carbocycles. The molecule has 0 saturated heterocycles.